The minimum Gasteiger partial charge on any atom is -0.402 e. The fraction of sp³-hybridized carbons (Fsp3) is 0. The molecule has 2 aromatic heterocycles. The van der Waals surface area contributed by atoms with E-state index < -0.39 is 5.63 Å². The second kappa shape index (κ2) is 7.76. The second-order valence-corrected chi connectivity index (χ2v) is 6.95. The quantitative estimate of drug-likeness (QED) is 0.460. The van der Waals surface area contributed by atoms with E-state index in [1.54, 1.807) is 35.0 Å². The van der Waals surface area contributed by atoms with E-state index in [1.165, 1.54) is 0 Å². The maximum absolute atomic E-state index is 12.7. The van der Waals surface area contributed by atoms with Crippen molar-refractivity contribution in [3.8, 4) is 16.9 Å². The number of nitrogens with zero attached hydrogens (tertiary/aromatic N) is 2. The fourth-order valence-electron chi connectivity index (χ4n) is 3.41. The molecule has 6 nitrogen and oxygen atoms in total. The first kappa shape index (κ1) is 18.6. The molecule has 0 atom stereocenters. The van der Waals surface area contributed by atoms with Gasteiger partial charge in [0.05, 0.1) is 11.1 Å². The van der Waals surface area contributed by atoms with E-state index in [0.717, 1.165) is 11.3 Å². The van der Waals surface area contributed by atoms with Gasteiger partial charge in [0.1, 0.15) is 11.4 Å². The Morgan fingerprint density at radius 1 is 0.839 bits per heavy atom. The Kier molecular flexibility index (Phi) is 4.65. The minimum absolute atomic E-state index is 0.0612. The number of carbonyl (C=O) groups is 1. The molecule has 150 valence electrons. The largest absolute Gasteiger partial charge is 0.402 e. The first-order valence-electron chi connectivity index (χ1n) is 9.75. The van der Waals surface area contributed by atoms with Crippen LogP contribution >= 0.6 is 0 Å². The second-order valence-electron chi connectivity index (χ2n) is 6.95. The van der Waals surface area contributed by atoms with Crippen LogP contribution < -0.4 is 10.9 Å². The predicted octanol–water partition coefficient (Wildman–Crippen LogP) is 4.90. The monoisotopic (exact) mass is 407 g/mol. The molecule has 2 heterocycles. The zero-order valence-corrected chi connectivity index (χ0v) is 16.4. The van der Waals surface area contributed by atoms with Gasteiger partial charge in [0.25, 0.3) is 5.91 Å². The van der Waals surface area contributed by atoms with Gasteiger partial charge in [0, 0.05) is 11.1 Å². The van der Waals surface area contributed by atoms with Gasteiger partial charge in [-0.2, -0.15) is 9.78 Å². The van der Waals surface area contributed by atoms with Gasteiger partial charge in [0.15, 0.2) is 0 Å². The molecule has 6 heteroatoms. The van der Waals surface area contributed by atoms with Crippen LogP contribution in [0.15, 0.2) is 106 Å². The number of aromatic nitrogens is 2. The molecule has 0 spiro atoms. The molecule has 0 unspecified atom stereocenters. The normalized spacial score (nSPS) is 10.8. The van der Waals surface area contributed by atoms with Crippen molar-refractivity contribution in [2.45, 2.75) is 0 Å². The molecule has 0 radical (unpaired) electrons. The van der Waals surface area contributed by atoms with Gasteiger partial charge in [-0.3, -0.25) is 4.79 Å². The number of anilines is 1. The van der Waals surface area contributed by atoms with Gasteiger partial charge in [-0.15, -0.1) is 0 Å². The minimum atomic E-state index is -0.645. The molecule has 1 amide bonds. The van der Waals surface area contributed by atoms with E-state index in [1.807, 2.05) is 66.7 Å². The van der Waals surface area contributed by atoms with Crippen LogP contribution in [0.3, 0.4) is 0 Å². The van der Waals surface area contributed by atoms with E-state index in [0.29, 0.717) is 22.4 Å². The third-order valence-corrected chi connectivity index (χ3v) is 4.91. The highest BCUT2D eigenvalue weighted by Crippen LogP contribution is 2.30. The SMILES string of the molecule is O=C(Nc1cc2c(-c3ccccc3)nn(-c3ccccc3)c2oc1=O)c1ccccc1. The van der Waals surface area contributed by atoms with Gasteiger partial charge >= 0.3 is 5.63 Å². The molecular weight excluding hydrogens is 390 g/mol. The van der Waals surface area contributed by atoms with Gasteiger partial charge < -0.3 is 9.73 Å². The van der Waals surface area contributed by atoms with Crippen LogP contribution in [0.2, 0.25) is 0 Å². The highest BCUT2D eigenvalue weighted by atomic mass is 16.4. The third kappa shape index (κ3) is 3.51. The molecule has 0 aliphatic heterocycles. The van der Waals surface area contributed by atoms with Gasteiger partial charge in [0.2, 0.25) is 5.71 Å². The summed E-state index contributed by atoms with van der Waals surface area (Å²) in [6.45, 7) is 0. The summed E-state index contributed by atoms with van der Waals surface area (Å²) in [6, 6.07) is 29.4. The molecule has 0 saturated carbocycles. The number of carbonyl (C=O) groups excluding carboxylic acids is 1. The van der Waals surface area contributed by atoms with Crippen LogP contribution in [0.25, 0.3) is 28.0 Å². The lowest BCUT2D eigenvalue weighted by molar-refractivity contribution is 0.102. The molecule has 1 N–H and O–H groups in total. The summed E-state index contributed by atoms with van der Waals surface area (Å²) in [7, 11) is 0. The van der Waals surface area contributed by atoms with E-state index >= 15 is 0 Å². The third-order valence-electron chi connectivity index (χ3n) is 4.91. The van der Waals surface area contributed by atoms with E-state index in [-0.39, 0.29) is 11.6 Å². The summed E-state index contributed by atoms with van der Waals surface area (Å²) in [5.41, 5.74) is 2.46. The van der Waals surface area contributed by atoms with E-state index in [2.05, 4.69) is 5.32 Å². The maximum Gasteiger partial charge on any atom is 0.361 e. The summed E-state index contributed by atoms with van der Waals surface area (Å²) >= 11 is 0. The lowest BCUT2D eigenvalue weighted by atomic mass is 10.1. The molecule has 0 aliphatic rings. The van der Waals surface area contributed by atoms with Crippen molar-refractivity contribution in [2.24, 2.45) is 0 Å². The van der Waals surface area contributed by atoms with E-state index in [9.17, 15) is 9.59 Å². The van der Waals surface area contributed by atoms with Crippen LogP contribution in [-0.2, 0) is 0 Å². The number of hydrogen-bond donors (Lipinski definition) is 1. The summed E-state index contributed by atoms with van der Waals surface area (Å²) < 4.78 is 7.25. The van der Waals surface area contributed by atoms with Crippen molar-refractivity contribution in [1.29, 1.82) is 0 Å². The zero-order valence-electron chi connectivity index (χ0n) is 16.4. The highest BCUT2D eigenvalue weighted by molar-refractivity contribution is 6.05. The van der Waals surface area contributed by atoms with Crippen molar-refractivity contribution in [3.63, 3.8) is 0 Å². The first-order valence-corrected chi connectivity index (χ1v) is 9.75. The summed E-state index contributed by atoms with van der Waals surface area (Å²) in [5, 5.41) is 8.01. The Labute approximate surface area is 177 Å². The van der Waals surface area contributed by atoms with Crippen LogP contribution in [0.1, 0.15) is 10.4 Å². The molecule has 0 saturated heterocycles. The highest BCUT2D eigenvalue weighted by Gasteiger charge is 2.19. The average molecular weight is 407 g/mol. The Hall–Kier alpha value is -4.45. The maximum atomic E-state index is 12.7. The average Bonchev–Trinajstić information content (AvgIpc) is 3.19. The molecule has 5 rings (SSSR count). The number of rotatable bonds is 4. The first-order chi connectivity index (χ1) is 15.2. The standard InChI is InChI=1S/C25H17N3O3/c29-23(18-12-6-2-7-13-18)26-21-16-20-22(17-10-4-1-5-11-17)27-28(24(20)31-25(21)30)19-14-8-3-9-15-19/h1-16H,(H,26,29). The Bertz CT molecular complexity index is 1420. The van der Waals surface area contributed by atoms with Gasteiger partial charge in [-0.1, -0.05) is 66.7 Å². The topological polar surface area (TPSA) is 77.1 Å². The smallest absolute Gasteiger partial charge is 0.361 e. The van der Waals surface area contributed by atoms with Gasteiger partial charge in [-0.25, -0.2) is 4.79 Å². The predicted molar refractivity (Wildman–Crippen MR) is 119 cm³/mol. The number of fused-ring (bicyclic) bond motifs is 1. The summed E-state index contributed by atoms with van der Waals surface area (Å²) in [5.74, 6) is -0.385. The Balaban J connectivity index is 1.68. The molecular formula is C25H17N3O3. The number of benzene rings is 3. The van der Waals surface area contributed by atoms with Crippen molar-refractivity contribution in [3.05, 3.63) is 113 Å². The van der Waals surface area contributed by atoms with Crippen molar-refractivity contribution in [2.75, 3.05) is 5.32 Å². The number of hydrogen-bond acceptors (Lipinski definition) is 4. The Morgan fingerprint density at radius 3 is 2.13 bits per heavy atom. The van der Waals surface area contributed by atoms with Crippen molar-refractivity contribution >= 4 is 22.7 Å². The Morgan fingerprint density at radius 2 is 1.45 bits per heavy atom. The molecule has 31 heavy (non-hydrogen) atoms. The molecule has 5 aromatic rings. The number of para-hydroxylation sites is 1. The molecule has 3 aromatic carbocycles. The lowest BCUT2D eigenvalue weighted by Crippen LogP contribution is -2.17. The molecule has 0 fully saturated rings. The van der Waals surface area contributed by atoms with E-state index in [4.69, 9.17) is 9.52 Å². The van der Waals surface area contributed by atoms with Crippen LogP contribution in [0.5, 0.6) is 0 Å². The van der Waals surface area contributed by atoms with Crippen molar-refractivity contribution in [1.82, 2.24) is 9.78 Å². The number of amides is 1. The summed E-state index contributed by atoms with van der Waals surface area (Å²) in [6.07, 6.45) is 0. The number of nitrogens with one attached hydrogen (secondary N) is 1. The summed E-state index contributed by atoms with van der Waals surface area (Å²) in [4.78, 5) is 25.3. The van der Waals surface area contributed by atoms with Crippen molar-refractivity contribution < 1.29 is 9.21 Å². The molecule has 0 bridgehead atoms. The van der Waals surface area contributed by atoms with Crippen LogP contribution in [0.4, 0.5) is 5.69 Å². The fourth-order valence-corrected chi connectivity index (χ4v) is 3.41. The van der Waals surface area contributed by atoms with Crippen LogP contribution in [-0.4, -0.2) is 15.7 Å². The van der Waals surface area contributed by atoms with Gasteiger partial charge in [-0.05, 0) is 30.3 Å². The zero-order chi connectivity index (χ0) is 21.2. The van der Waals surface area contributed by atoms with Crippen LogP contribution in [0, 0.1) is 0 Å². The lowest BCUT2D eigenvalue weighted by Gasteiger charge is -2.05. The molecule has 0 aliphatic carbocycles.